The third-order valence-corrected chi connectivity index (χ3v) is 4.71. The first-order valence-corrected chi connectivity index (χ1v) is 8.40. The van der Waals surface area contributed by atoms with Crippen molar-refractivity contribution < 1.29 is 9.53 Å². The average molecular weight is 327 g/mol. The molecular weight excluding hydrogens is 302 g/mol. The van der Waals surface area contributed by atoms with E-state index in [1.807, 2.05) is 26.8 Å². The number of carbonyl (C=O) groups is 1. The van der Waals surface area contributed by atoms with Crippen LogP contribution in [0.5, 0.6) is 0 Å². The normalized spacial score (nSPS) is 15.9. The summed E-state index contributed by atoms with van der Waals surface area (Å²) in [5.74, 6) is 0.921. The highest BCUT2D eigenvalue weighted by Gasteiger charge is 2.38. The number of nitrogens with one attached hydrogen (secondary N) is 2. The Kier molecular flexibility index (Phi) is 4.22. The molecule has 128 valence electrons. The van der Waals surface area contributed by atoms with E-state index in [0.29, 0.717) is 25.3 Å². The van der Waals surface area contributed by atoms with Gasteiger partial charge in [0.1, 0.15) is 5.82 Å². The first-order valence-electron chi connectivity index (χ1n) is 8.40. The van der Waals surface area contributed by atoms with Crippen molar-refractivity contribution >= 4 is 5.91 Å². The number of carbonyl (C=O) groups excluding carboxylic acids is 1. The minimum absolute atomic E-state index is 0.0377. The molecule has 3 rings (SSSR count). The SMILES string of the molecule is CCNC(=O)c1cc(-c2nc(C3(C)COC3)[nH]c2C)c(C)cc1C. The van der Waals surface area contributed by atoms with Crippen LogP contribution in [0, 0.1) is 20.8 Å². The summed E-state index contributed by atoms with van der Waals surface area (Å²) in [5.41, 5.74) is 5.72. The fourth-order valence-electron chi connectivity index (χ4n) is 3.16. The van der Waals surface area contributed by atoms with Crippen LogP contribution in [0.4, 0.5) is 0 Å². The number of ether oxygens (including phenoxy) is 1. The maximum absolute atomic E-state index is 12.3. The average Bonchev–Trinajstić information content (AvgIpc) is 2.87. The van der Waals surface area contributed by atoms with Gasteiger partial charge in [-0.05, 0) is 51.8 Å². The number of nitrogens with zero attached hydrogens (tertiary/aromatic N) is 1. The second kappa shape index (κ2) is 6.06. The fourth-order valence-corrected chi connectivity index (χ4v) is 3.16. The van der Waals surface area contributed by atoms with E-state index in [1.54, 1.807) is 0 Å². The number of benzene rings is 1. The van der Waals surface area contributed by atoms with Crippen molar-refractivity contribution in [1.29, 1.82) is 0 Å². The van der Waals surface area contributed by atoms with E-state index < -0.39 is 0 Å². The van der Waals surface area contributed by atoms with E-state index in [9.17, 15) is 4.79 Å². The maximum Gasteiger partial charge on any atom is 0.251 e. The third-order valence-electron chi connectivity index (χ3n) is 4.71. The molecule has 0 spiro atoms. The van der Waals surface area contributed by atoms with Crippen molar-refractivity contribution in [2.75, 3.05) is 19.8 Å². The highest BCUT2D eigenvalue weighted by molar-refractivity contribution is 5.97. The topological polar surface area (TPSA) is 67.0 Å². The Balaban J connectivity index is 2.06. The van der Waals surface area contributed by atoms with E-state index in [0.717, 1.165) is 33.9 Å². The molecule has 1 aliphatic heterocycles. The van der Waals surface area contributed by atoms with Crippen LogP contribution in [-0.2, 0) is 10.2 Å². The van der Waals surface area contributed by atoms with Crippen LogP contribution in [0.15, 0.2) is 12.1 Å². The van der Waals surface area contributed by atoms with Gasteiger partial charge in [-0.25, -0.2) is 4.98 Å². The molecule has 1 aromatic carbocycles. The number of amides is 1. The van der Waals surface area contributed by atoms with Crippen molar-refractivity contribution in [1.82, 2.24) is 15.3 Å². The minimum atomic E-state index is -0.0379. The third kappa shape index (κ3) is 2.73. The van der Waals surface area contributed by atoms with Crippen LogP contribution in [-0.4, -0.2) is 35.6 Å². The number of aryl methyl sites for hydroxylation is 3. The zero-order chi connectivity index (χ0) is 17.5. The minimum Gasteiger partial charge on any atom is -0.379 e. The van der Waals surface area contributed by atoms with Gasteiger partial charge in [-0.2, -0.15) is 0 Å². The second-order valence-corrected chi connectivity index (χ2v) is 6.95. The molecular formula is C19H25N3O2. The quantitative estimate of drug-likeness (QED) is 0.907. The van der Waals surface area contributed by atoms with Gasteiger partial charge < -0.3 is 15.0 Å². The monoisotopic (exact) mass is 327 g/mol. The summed E-state index contributed by atoms with van der Waals surface area (Å²) in [5, 5.41) is 2.88. The largest absolute Gasteiger partial charge is 0.379 e. The van der Waals surface area contributed by atoms with Crippen molar-refractivity contribution in [3.8, 4) is 11.3 Å². The molecule has 5 heteroatoms. The summed E-state index contributed by atoms with van der Waals surface area (Å²) in [6, 6.07) is 4.02. The van der Waals surface area contributed by atoms with E-state index in [1.165, 1.54) is 0 Å². The van der Waals surface area contributed by atoms with E-state index in [2.05, 4.69) is 30.2 Å². The molecule has 0 atom stereocenters. The maximum atomic E-state index is 12.3. The Morgan fingerprint density at radius 1 is 1.29 bits per heavy atom. The molecule has 0 radical (unpaired) electrons. The zero-order valence-corrected chi connectivity index (χ0v) is 15.0. The summed E-state index contributed by atoms with van der Waals surface area (Å²) in [6.07, 6.45) is 0. The first-order chi connectivity index (χ1) is 11.4. The van der Waals surface area contributed by atoms with Gasteiger partial charge in [0.15, 0.2) is 0 Å². The molecule has 0 bridgehead atoms. The van der Waals surface area contributed by atoms with Crippen LogP contribution < -0.4 is 5.32 Å². The standard InChI is InChI=1S/C19H25N3O2/c1-6-20-17(23)15-8-14(11(2)7-12(15)3)16-13(4)21-18(22-16)19(5)9-24-10-19/h7-8H,6,9-10H2,1-5H3,(H,20,23)(H,21,22). The molecule has 1 saturated heterocycles. The number of hydrogen-bond acceptors (Lipinski definition) is 3. The van der Waals surface area contributed by atoms with Gasteiger partial charge in [0.2, 0.25) is 0 Å². The second-order valence-electron chi connectivity index (χ2n) is 6.95. The lowest BCUT2D eigenvalue weighted by Crippen LogP contribution is -2.44. The lowest BCUT2D eigenvalue weighted by Gasteiger charge is -2.36. The molecule has 24 heavy (non-hydrogen) atoms. The molecule has 2 aromatic rings. The number of hydrogen-bond donors (Lipinski definition) is 2. The van der Waals surface area contributed by atoms with E-state index >= 15 is 0 Å². The molecule has 1 aliphatic rings. The molecule has 2 N–H and O–H groups in total. The van der Waals surface area contributed by atoms with Gasteiger partial charge in [0.25, 0.3) is 5.91 Å². The Bertz CT molecular complexity index is 788. The number of aromatic nitrogens is 2. The number of rotatable bonds is 4. The summed E-state index contributed by atoms with van der Waals surface area (Å²) < 4.78 is 5.35. The Morgan fingerprint density at radius 3 is 2.58 bits per heavy atom. The van der Waals surface area contributed by atoms with Crippen molar-refractivity contribution in [2.45, 2.75) is 40.0 Å². The van der Waals surface area contributed by atoms with E-state index in [4.69, 9.17) is 9.72 Å². The predicted octanol–water partition coefficient (Wildman–Crippen LogP) is 3.04. The highest BCUT2D eigenvalue weighted by atomic mass is 16.5. The molecule has 1 amide bonds. The summed E-state index contributed by atoms with van der Waals surface area (Å²) >= 11 is 0. The van der Waals surface area contributed by atoms with Gasteiger partial charge in [-0.1, -0.05) is 6.07 Å². The Hall–Kier alpha value is -2.14. The summed E-state index contributed by atoms with van der Waals surface area (Å²) in [6.45, 7) is 12.1. The van der Waals surface area contributed by atoms with Crippen LogP contribution in [0.3, 0.4) is 0 Å². The van der Waals surface area contributed by atoms with Gasteiger partial charge >= 0.3 is 0 Å². The number of H-pyrrole nitrogens is 1. The lowest BCUT2D eigenvalue weighted by atomic mass is 9.88. The summed E-state index contributed by atoms with van der Waals surface area (Å²) in [4.78, 5) is 20.6. The molecule has 5 nitrogen and oxygen atoms in total. The molecule has 1 aromatic heterocycles. The Labute approximate surface area is 142 Å². The molecule has 0 aliphatic carbocycles. The number of aromatic amines is 1. The van der Waals surface area contributed by atoms with Gasteiger partial charge in [-0.3, -0.25) is 4.79 Å². The van der Waals surface area contributed by atoms with Crippen LogP contribution >= 0.6 is 0 Å². The van der Waals surface area contributed by atoms with Crippen LogP contribution in [0.2, 0.25) is 0 Å². The zero-order valence-electron chi connectivity index (χ0n) is 15.0. The fraction of sp³-hybridized carbons (Fsp3) is 0.474. The van der Waals surface area contributed by atoms with Crippen molar-refractivity contribution in [2.24, 2.45) is 0 Å². The van der Waals surface area contributed by atoms with Gasteiger partial charge in [-0.15, -0.1) is 0 Å². The van der Waals surface area contributed by atoms with Crippen LogP contribution in [0.1, 0.15) is 46.9 Å². The van der Waals surface area contributed by atoms with Crippen molar-refractivity contribution in [3.63, 3.8) is 0 Å². The van der Waals surface area contributed by atoms with E-state index in [-0.39, 0.29) is 11.3 Å². The molecule has 2 heterocycles. The van der Waals surface area contributed by atoms with Crippen LogP contribution in [0.25, 0.3) is 11.3 Å². The smallest absolute Gasteiger partial charge is 0.251 e. The molecule has 0 unspecified atom stereocenters. The van der Waals surface area contributed by atoms with Gasteiger partial charge in [0.05, 0.1) is 24.3 Å². The van der Waals surface area contributed by atoms with Crippen molar-refractivity contribution in [3.05, 3.63) is 40.3 Å². The molecule has 0 saturated carbocycles. The predicted molar refractivity (Wildman–Crippen MR) is 94.4 cm³/mol. The number of imidazole rings is 1. The summed E-state index contributed by atoms with van der Waals surface area (Å²) in [7, 11) is 0. The van der Waals surface area contributed by atoms with Gasteiger partial charge in [0, 0.05) is 23.4 Å². The lowest BCUT2D eigenvalue weighted by molar-refractivity contribution is -0.0539. The highest BCUT2D eigenvalue weighted by Crippen LogP contribution is 2.34. The first kappa shape index (κ1) is 16.7. The molecule has 1 fully saturated rings. The Morgan fingerprint density at radius 2 is 2.00 bits per heavy atom.